The number of hydrogen-bond donors (Lipinski definition) is 2. The van der Waals surface area contributed by atoms with Crippen LogP contribution in [0.5, 0.6) is 5.75 Å². The maximum atomic E-state index is 5.70. The van der Waals surface area contributed by atoms with Crippen LogP contribution in [-0.2, 0) is 4.74 Å². The molecule has 7 nitrogen and oxygen atoms in total. The minimum Gasteiger partial charge on any atom is -0.497 e. The van der Waals surface area contributed by atoms with Crippen LogP contribution in [0.4, 0.5) is 0 Å². The molecule has 0 aromatic heterocycles. The van der Waals surface area contributed by atoms with Gasteiger partial charge in [0.15, 0.2) is 5.96 Å². The summed E-state index contributed by atoms with van der Waals surface area (Å²) in [7, 11) is 3.59. The monoisotopic (exact) mass is 443 g/mol. The Morgan fingerprint density at radius 1 is 1.03 bits per heavy atom. The summed E-state index contributed by atoms with van der Waals surface area (Å²) in [6, 6.07) is 8.86. The van der Waals surface area contributed by atoms with Crippen molar-refractivity contribution in [3.05, 3.63) is 29.8 Å². The van der Waals surface area contributed by atoms with Gasteiger partial charge in [-0.2, -0.15) is 0 Å². The van der Waals surface area contributed by atoms with Crippen molar-refractivity contribution in [2.24, 2.45) is 4.99 Å². The minimum absolute atomic E-state index is 0.191. The Morgan fingerprint density at radius 3 is 2.31 bits per heavy atom. The lowest BCUT2D eigenvalue weighted by Gasteiger charge is -2.45. The van der Waals surface area contributed by atoms with Crippen molar-refractivity contribution in [2.75, 3.05) is 66.6 Å². The van der Waals surface area contributed by atoms with E-state index in [0.717, 1.165) is 63.9 Å². The molecule has 178 valence electrons. The summed E-state index contributed by atoms with van der Waals surface area (Å²) in [5.74, 6) is 1.80. The number of rotatable bonds is 8. The molecule has 0 aliphatic carbocycles. The first-order chi connectivity index (χ1) is 15.7. The predicted molar refractivity (Wildman–Crippen MR) is 129 cm³/mol. The molecule has 3 aliphatic rings. The van der Waals surface area contributed by atoms with Gasteiger partial charge in [0.05, 0.1) is 13.2 Å². The fraction of sp³-hybridized carbons (Fsp3) is 0.720. The van der Waals surface area contributed by atoms with Crippen LogP contribution in [0.1, 0.15) is 50.1 Å². The Balaban J connectivity index is 1.38. The van der Waals surface area contributed by atoms with E-state index in [1.807, 2.05) is 7.05 Å². The molecule has 3 fully saturated rings. The summed E-state index contributed by atoms with van der Waals surface area (Å²) in [4.78, 5) is 9.84. The first-order valence-corrected chi connectivity index (χ1v) is 12.4. The summed E-state index contributed by atoms with van der Waals surface area (Å²) in [6.07, 6.45) is 7.38. The van der Waals surface area contributed by atoms with Gasteiger partial charge in [0.25, 0.3) is 0 Å². The second-order valence-electron chi connectivity index (χ2n) is 9.37. The van der Waals surface area contributed by atoms with Crippen molar-refractivity contribution < 1.29 is 9.47 Å². The number of benzene rings is 1. The van der Waals surface area contributed by atoms with E-state index < -0.39 is 0 Å². The zero-order valence-corrected chi connectivity index (χ0v) is 19.9. The van der Waals surface area contributed by atoms with Crippen LogP contribution in [0.25, 0.3) is 0 Å². The molecule has 4 rings (SSSR count). The van der Waals surface area contributed by atoms with Gasteiger partial charge >= 0.3 is 0 Å². The summed E-state index contributed by atoms with van der Waals surface area (Å²) < 4.78 is 11.1. The summed E-state index contributed by atoms with van der Waals surface area (Å²) >= 11 is 0. The van der Waals surface area contributed by atoms with Gasteiger partial charge in [-0.3, -0.25) is 14.8 Å². The van der Waals surface area contributed by atoms with Crippen LogP contribution in [0.15, 0.2) is 29.3 Å². The number of ether oxygens (including phenoxy) is 2. The Morgan fingerprint density at radius 2 is 1.69 bits per heavy atom. The smallest absolute Gasteiger partial charge is 0.191 e. The Hall–Kier alpha value is -1.83. The predicted octanol–water partition coefficient (Wildman–Crippen LogP) is 2.64. The molecular formula is C25H41N5O2. The normalized spacial score (nSPS) is 23.2. The Bertz CT molecular complexity index is 720. The summed E-state index contributed by atoms with van der Waals surface area (Å²) in [5, 5.41) is 7.31. The van der Waals surface area contributed by atoms with Gasteiger partial charge in [0.2, 0.25) is 0 Å². The zero-order valence-electron chi connectivity index (χ0n) is 19.9. The lowest BCUT2D eigenvalue weighted by molar-refractivity contribution is -0.0164. The molecule has 0 bridgehead atoms. The third kappa shape index (κ3) is 5.56. The molecule has 0 saturated carbocycles. The highest BCUT2D eigenvalue weighted by Gasteiger charge is 2.39. The standard InChI is InChI=1S/C25H41N5O2/c1-26-24(28-20-25(11-17-32-18-12-25)30-15-5-6-16-30)27-19-23(29-13-3-4-14-29)21-7-9-22(31-2)10-8-21/h7-10,23H,3-6,11-20H2,1-2H3,(H2,26,27,28). The van der Waals surface area contributed by atoms with Gasteiger partial charge < -0.3 is 20.1 Å². The molecule has 3 heterocycles. The van der Waals surface area contributed by atoms with Crippen LogP contribution < -0.4 is 15.4 Å². The molecule has 1 unspecified atom stereocenters. The molecule has 2 N–H and O–H groups in total. The van der Waals surface area contributed by atoms with Crippen LogP contribution in [0.2, 0.25) is 0 Å². The Kier molecular flexibility index (Phi) is 8.27. The molecule has 7 heteroatoms. The van der Waals surface area contributed by atoms with Crippen molar-refractivity contribution >= 4 is 5.96 Å². The van der Waals surface area contributed by atoms with E-state index in [1.54, 1.807) is 7.11 Å². The maximum Gasteiger partial charge on any atom is 0.191 e. The zero-order chi connectivity index (χ0) is 22.2. The average molecular weight is 444 g/mol. The van der Waals surface area contributed by atoms with E-state index in [1.165, 1.54) is 44.3 Å². The van der Waals surface area contributed by atoms with Gasteiger partial charge in [-0.1, -0.05) is 12.1 Å². The number of hydrogen-bond acceptors (Lipinski definition) is 5. The van der Waals surface area contributed by atoms with Crippen LogP contribution in [-0.4, -0.2) is 87.9 Å². The molecule has 0 amide bonds. The second-order valence-corrected chi connectivity index (χ2v) is 9.37. The minimum atomic E-state index is 0.191. The highest BCUT2D eigenvalue weighted by atomic mass is 16.5. The van der Waals surface area contributed by atoms with Gasteiger partial charge in [0.1, 0.15) is 5.75 Å². The summed E-state index contributed by atoms with van der Waals surface area (Å²) in [5.41, 5.74) is 1.52. The maximum absolute atomic E-state index is 5.70. The third-order valence-corrected chi connectivity index (χ3v) is 7.55. The Labute approximate surface area is 193 Å². The average Bonchev–Trinajstić information content (AvgIpc) is 3.57. The van der Waals surface area contributed by atoms with Crippen molar-refractivity contribution in [2.45, 2.75) is 50.1 Å². The number of aliphatic imine (C=N–C) groups is 1. The molecule has 0 spiro atoms. The van der Waals surface area contributed by atoms with Crippen LogP contribution in [0.3, 0.4) is 0 Å². The molecule has 3 aliphatic heterocycles. The second kappa shape index (κ2) is 11.3. The SMILES string of the molecule is CN=C(NCC(c1ccc(OC)cc1)N1CCCC1)NCC1(N2CCCC2)CCOCC1. The molecule has 1 aromatic carbocycles. The largest absolute Gasteiger partial charge is 0.497 e. The van der Waals surface area contributed by atoms with Crippen LogP contribution >= 0.6 is 0 Å². The van der Waals surface area contributed by atoms with E-state index in [0.29, 0.717) is 6.04 Å². The molecule has 32 heavy (non-hydrogen) atoms. The first-order valence-electron chi connectivity index (χ1n) is 12.4. The van der Waals surface area contributed by atoms with E-state index in [4.69, 9.17) is 9.47 Å². The van der Waals surface area contributed by atoms with Crippen molar-refractivity contribution in [3.63, 3.8) is 0 Å². The number of guanidine groups is 1. The highest BCUT2D eigenvalue weighted by Crippen LogP contribution is 2.31. The number of methoxy groups -OCH3 is 1. The van der Waals surface area contributed by atoms with E-state index in [2.05, 4.69) is 49.7 Å². The lowest BCUT2D eigenvalue weighted by Crippen LogP contribution is -2.58. The number of nitrogens with zero attached hydrogens (tertiary/aromatic N) is 3. The first kappa shape index (κ1) is 23.3. The fourth-order valence-electron chi connectivity index (χ4n) is 5.55. The highest BCUT2D eigenvalue weighted by molar-refractivity contribution is 5.79. The van der Waals surface area contributed by atoms with Gasteiger partial charge in [-0.15, -0.1) is 0 Å². The van der Waals surface area contributed by atoms with E-state index >= 15 is 0 Å². The molecule has 1 atom stereocenters. The molecule has 3 saturated heterocycles. The quantitative estimate of drug-likeness (QED) is 0.476. The molecule has 1 aromatic rings. The van der Waals surface area contributed by atoms with E-state index in [-0.39, 0.29) is 5.54 Å². The molecular weight excluding hydrogens is 402 g/mol. The van der Waals surface area contributed by atoms with Crippen LogP contribution in [0, 0.1) is 0 Å². The third-order valence-electron chi connectivity index (χ3n) is 7.55. The van der Waals surface area contributed by atoms with Gasteiger partial charge in [-0.05, 0) is 82.4 Å². The number of nitrogens with one attached hydrogen (secondary N) is 2. The lowest BCUT2D eigenvalue weighted by atomic mass is 9.88. The fourth-order valence-corrected chi connectivity index (χ4v) is 5.55. The van der Waals surface area contributed by atoms with Gasteiger partial charge in [0, 0.05) is 38.9 Å². The number of likely N-dealkylation sites (tertiary alicyclic amines) is 2. The van der Waals surface area contributed by atoms with Crippen molar-refractivity contribution in [3.8, 4) is 5.75 Å². The van der Waals surface area contributed by atoms with E-state index in [9.17, 15) is 0 Å². The topological polar surface area (TPSA) is 61.4 Å². The van der Waals surface area contributed by atoms with Gasteiger partial charge in [-0.25, -0.2) is 0 Å². The summed E-state index contributed by atoms with van der Waals surface area (Å²) in [6.45, 7) is 8.21. The molecule has 0 radical (unpaired) electrons. The van der Waals surface area contributed by atoms with Crippen molar-refractivity contribution in [1.29, 1.82) is 0 Å². The van der Waals surface area contributed by atoms with Crippen molar-refractivity contribution in [1.82, 2.24) is 20.4 Å².